The van der Waals surface area contributed by atoms with Gasteiger partial charge < -0.3 is 10.2 Å². The Morgan fingerprint density at radius 1 is 1.15 bits per heavy atom. The van der Waals surface area contributed by atoms with Crippen molar-refractivity contribution >= 4 is 11.9 Å². The summed E-state index contributed by atoms with van der Waals surface area (Å²) < 4.78 is 0. The molecule has 13 heavy (non-hydrogen) atoms. The van der Waals surface area contributed by atoms with Gasteiger partial charge in [0.1, 0.15) is 0 Å². The van der Waals surface area contributed by atoms with Crippen LogP contribution in [0.5, 0.6) is 0 Å². The molecular weight excluding hydrogens is 172 g/mol. The minimum atomic E-state index is -1.62. The summed E-state index contributed by atoms with van der Waals surface area (Å²) in [4.78, 5) is 21.4. The van der Waals surface area contributed by atoms with E-state index in [2.05, 4.69) is 0 Å². The number of unbranched alkanes of at least 4 members (excludes halogenated alkanes) is 2. The molecule has 0 amide bonds. The van der Waals surface area contributed by atoms with Crippen LogP contribution in [0, 0.1) is 5.41 Å². The minimum absolute atomic E-state index is 0.200. The fraction of sp³-hybridized carbons (Fsp3) is 0.778. The Labute approximate surface area is 77.6 Å². The molecule has 0 aliphatic carbocycles. The van der Waals surface area contributed by atoms with Gasteiger partial charge in [0.2, 0.25) is 0 Å². The van der Waals surface area contributed by atoms with Crippen molar-refractivity contribution in [3.63, 3.8) is 0 Å². The van der Waals surface area contributed by atoms with E-state index in [0.717, 1.165) is 12.8 Å². The summed E-state index contributed by atoms with van der Waals surface area (Å²) in [6.07, 6.45) is 2.67. The summed E-state index contributed by atoms with van der Waals surface area (Å²) in [5.41, 5.74) is -1.62. The topological polar surface area (TPSA) is 74.6 Å². The van der Waals surface area contributed by atoms with Gasteiger partial charge in [0.15, 0.2) is 5.41 Å². The number of carboxylic acids is 2. The lowest BCUT2D eigenvalue weighted by atomic mass is 9.85. The number of rotatable bonds is 6. The van der Waals surface area contributed by atoms with Crippen molar-refractivity contribution in [2.75, 3.05) is 0 Å². The standard InChI is InChI=1S/C9H16O4/c1-3-4-5-6-9(2,7(10)11)8(12)13/h3-6H2,1-2H3,(H,10,11)(H,12,13). The maximum absolute atomic E-state index is 10.7. The predicted molar refractivity (Wildman–Crippen MR) is 47.5 cm³/mol. The molecule has 0 rings (SSSR count). The molecule has 4 heteroatoms. The molecule has 0 unspecified atom stereocenters. The van der Waals surface area contributed by atoms with Crippen LogP contribution in [0.15, 0.2) is 0 Å². The normalized spacial score (nSPS) is 11.2. The van der Waals surface area contributed by atoms with Crippen LogP contribution < -0.4 is 0 Å². The monoisotopic (exact) mass is 188 g/mol. The highest BCUT2D eigenvalue weighted by Gasteiger charge is 2.40. The average molecular weight is 188 g/mol. The molecule has 0 atom stereocenters. The third kappa shape index (κ3) is 3.05. The first-order chi connectivity index (χ1) is 5.95. The molecule has 2 N–H and O–H groups in total. The molecular formula is C9H16O4. The van der Waals surface area contributed by atoms with Gasteiger partial charge in [-0.05, 0) is 13.3 Å². The van der Waals surface area contributed by atoms with E-state index in [1.807, 2.05) is 6.92 Å². The largest absolute Gasteiger partial charge is 0.480 e. The van der Waals surface area contributed by atoms with E-state index >= 15 is 0 Å². The van der Waals surface area contributed by atoms with Crippen molar-refractivity contribution in [1.29, 1.82) is 0 Å². The molecule has 0 saturated heterocycles. The maximum Gasteiger partial charge on any atom is 0.320 e. The molecule has 0 aliphatic heterocycles. The Balaban J connectivity index is 4.26. The van der Waals surface area contributed by atoms with Crippen LogP contribution >= 0.6 is 0 Å². The molecule has 76 valence electrons. The number of carboxylic acid groups (broad SMARTS) is 2. The molecule has 0 radical (unpaired) electrons. The van der Waals surface area contributed by atoms with Crippen molar-refractivity contribution < 1.29 is 19.8 Å². The Morgan fingerprint density at radius 2 is 1.62 bits per heavy atom. The second-order valence-electron chi connectivity index (χ2n) is 3.40. The molecule has 0 aliphatic rings. The zero-order valence-electron chi connectivity index (χ0n) is 8.04. The molecule has 0 aromatic rings. The Bertz CT molecular complexity index is 184. The van der Waals surface area contributed by atoms with Gasteiger partial charge in [-0.3, -0.25) is 9.59 Å². The Hall–Kier alpha value is -1.06. The second kappa shape index (κ2) is 4.84. The Kier molecular flexibility index (Phi) is 4.45. The number of hydrogen-bond acceptors (Lipinski definition) is 2. The van der Waals surface area contributed by atoms with Gasteiger partial charge in [0.05, 0.1) is 0 Å². The van der Waals surface area contributed by atoms with Crippen LogP contribution in [0.3, 0.4) is 0 Å². The molecule has 0 bridgehead atoms. The smallest absolute Gasteiger partial charge is 0.320 e. The predicted octanol–water partition coefficient (Wildman–Crippen LogP) is 1.74. The molecule has 0 spiro atoms. The fourth-order valence-electron chi connectivity index (χ4n) is 1.03. The zero-order valence-corrected chi connectivity index (χ0v) is 8.04. The van der Waals surface area contributed by atoms with Gasteiger partial charge in [-0.25, -0.2) is 0 Å². The van der Waals surface area contributed by atoms with Crippen LogP contribution in [0.2, 0.25) is 0 Å². The molecule has 0 heterocycles. The second-order valence-corrected chi connectivity index (χ2v) is 3.40. The molecule has 0 aromatic carbocycles. The third-order valence-electron chi connectivity index (χ3n) is 2.22. The van der Waals surface area contributed by atoms with E-state index < -0.39 is 17.4 Å². The van der Waals surface area contributed by atoms with E-state index in [-0.39, 0.29) is 6.42 Å². The summed E-state index contributed by atoms with van der Waals surface area (Å²) in [6, 6.07) is 0. The van der Waals surface area contributed by atoms with Crippen LogP contribution in [0.1, 0.15) is 39.5 Å². The van der Waals surface area contributed by atoms with E-state index in [4.69, 9.17) is 10.2 Å². The number of hydrogen-bond donors (Lipinski definition) is 2. The molecule has 0 saturated carbocycles. The van der Waals surface area contributed by atoms with E-state index in [9.17, 15) is 9.59 Å². The molecule has 0 fully saturated rings. The minimum Gasteiger partial charge on any atom is -0.480 e. The van der Waals surface area contributed by atoms with E-state index in [0.29, 0.717) is 6.42 Å². The summed E-state index contributed by atoms with van der Waals surface area (Å²) >= 11 is 0. The number of aliphatic carboxylic acids is 2. The lowest BCUT2D eigenvalue weighted by Crippen LogP contribution is -2.36. The average Bonchev–Trinajstić information content (AvgIpc) is 2.03. The molecule has 0 aromatic heterocycles. The van der Waals surface area contributed by atoms with Crippen molar-refractivity contribution in [1.82, 2.24) is 0 Å². The van der Waals surface area contributed by atoms with Crippen LogP contribution in [-0.4, -0.2) is 22.2 Å². The first-order valence-corrected chi connectivity index (χ1v) is 4.42. The zero-order chi connectivity index (χ0) is 10.5. The van der Waals surface area contributed by atoms with Gasteiger partial charge in [-0.2, -0.15) is 0 Å². The highest BCUT2D eigenvalue weighted by Crippen LogP contribution is 2.25. The maximum atomic E-state index is 10.7. The van der Waals surface area contributed by atoms with Crippen LogP contribution in [-0.2, 0) is 9.59 Å². The van der Waals surface area contributed by atoms with Crippen molar-refractivity contribution in [3.8, 4) is 0 Å². The fourth-order valence-corrected chi connectivity index (χ4v) is 1.03. The van der Waals surface area contributed by atoms with Crippen molar-refractivity contribution in [2.24, 2.45) is 5.41 Å². The van der Waals surface area contributed by atoms with Gasteiger partial charge in [-0.1, -0.05) is 26.2 Å². The number of carbonyl (C=O) groups is 2. The highest BCUT2D eigenvalue weighted by molar-refractivity contribution is 5.97. The summed E-state index contributed by atoms with van der Waals surface area (Å²) in [5.74, 6) is -2.51. The first kappa shape index (κ1) is 11.9. The van der Waals surface area contributed by atoms with Gasteiger partial charge >= 0.3 is 11.9 Å². The van der Waals surface area contributed by atoms with Crippen LogP contribution in [0.4, 0.5) is 0 Å². The van der Waals surface area contributed by atoms with Crippen molar-refractivity contribution in [2.45, 2.75) is 39.5 Å². The van der Waals surface area contributed by atoms with E-state index in [1.165, 1.54) is 6.92 Å². The van der Waals surface area contributed by atoms with E-state index in [1.54, 1.807) is 0 Å². The van der Waals surface area contributed by atoms with Gasteiger partial charge in [-0.15, -0.1) is 0 Å². The van der Waals surface area contributed by atoms with Crippen LogP contribution in [0.25, 0.3) is 0 Å². The summed E-state index contributed by atoms with van der Waals surface area (Å²) in [7, 11) is 0. The van der Waals surface area contributed by atoms with Gasteiger partial charge in [0, 0.05) is 0 Å². The molecule has 4 nitrogen and oxygen atoms in total. The van der Waals surface area contributed by atoms with Gasteiger partial charge in [0.25, 0.3) is 0 Å². The highest BCUT2D eigenvalue weighted by atomic mass is 16.4. The SMILES string of the molecule is CCCCCC(C)(C(=O)O)C(=O)O. The summed E-state index contributed by atoms with van der Waals surface area (Å²) in [6.45, 7) is 3.24. The summed E-state index contributed by atoms with van der Waals surface area (Å²) in [5, 5.41) is 17.4. The lowest BCUT2D eigenvalue weighted by molar-refractivity contribution is -0.163. The van der Waals surface area contributed by atoms with Crippen molar-refractivity contribution in [3.05, 3.63) is 0 Å². The quantitative estimate of drug-likeness (QED) is 0.491. The Morgan fingerprint density at radius 3 is 1.92 bits per heavy atom. The third-order valence-corrected chi connectivity index (χ3v) is 2.22. The first-order valence-electron chi connectivity index (χ1n) is 4.42. The lowest BCUT2D eigenvalue weighted by Gasteiger charge is -2.18.